The third-order valence-electron chi connectivity index (χ3n) is 2.52. The van der Waals surface area contributed by atoms with Crippen molar-refractivity contribution in [3.8, 4) is 0 Å². The maximum absolute atomic E-state index is 11.8. The van der Waals surface area contributed by atoms with E-state index in [0.29, 0.717) is 6.42 Å². The first kappa shape index (κ1) is 13.2. The van der Waals surface area contributed by atoms with Gasteiger partial charge >= 0.3 is 5.97 Å². The van der Waals surface area contributed by atoms with Gasteiger partial charge in [-0.05, 0) is 12.5 Å². The van der Waals surface area contributed by atoms with Crippen molar-refractivity contribution in [2.45, 2.75) is 19.8 Å². The minimum Gasteiger partial charge on any atom is -0.481 e. The van der Waals surface area contributed by atoms with Gasteiger partial charge in [0.25, 0.3) is 0 Å². The van der Waals surface area contributed by atoms with Crippen molar-refractivity contribution >= 4 is 11.9 Å². The molecule has 0 atom stereocenters. The highest BCUT2D eigenvalue weighted by molar-refractivity contribution is 5.79. The number of nitrogens with zero attached hydrogens (tertiary/aromatic N) is 1. The lowest BCUT2D eigenvalue weighted by atomic mass is 10.1. The number of amides is 1. The van der Waals surface area contributed by atoms with Crippen LogP contribution in [0.4, 0.5) is 0 Å². The lowest BCUT2D eigenvalue weighted by molar-refractivity contribution is -0.138. The van der Waals surface area contributed by atoms with Gasteiger partial charge in [0, 0.05) is 13.6 Å². The van der Waals surface area contributed by atoms with Crippen molar-refractivity contribution in [3.05, 3.63) is 35.4 Å². The standard InChI is InChI=1S/C13H17NO3/c1-10-4-3-5-11(8-10)9-12(15)14(2)7-6-13(16)17/h3-5,8H,6-7,9H2,1-2H3,(H,16,17). The molecule has 1 amide bonds. The summed E-state index contributed by atoms with van der Waals surface area (Å²) in [6.07, 6.45) is 0.299. The Kier molecular flexibility index (Phi) is 4.69. The third-order valence-corrected chi connectivity index (χ3v) is 2.52. The molecule has 1 rings (SSSR count). The smallest absolute Gasteiger partial charge is 0.305 e. The number of carbonyl (C=O) groups excluding carboxylic acids is 1. The van der Waals surface area contributed by atoms with E-state index in [2.05, 4.69) is 0 Å². The molecule has 1 aromatic carbocycles. The van der Waals surface area contributed by atoms with Crippen molar-refractivity contribution in [3.63, 3.8) is 0 Å². The zero-order valence-electron chi connectivity index (χ0n) is 10.1. The van der Waals surface area contributed by atoms with Crippen LogP contribution in [0.2, 0.25) is 0 Å². The van der Waals surface area contributed by atoms with Gasteiger partial charge in [-0.15, -0.1) is 0 Å². The summed E-state index contributed by atoms with van der Waals surface area (Å²) in [7, 11) is 1.63. The summed E-state index contributed by atoms with van der Waals surface area (Å²) in [4.78, 5) is 23.6. The second kappa shape index (κ2) is 6.03. The maximum Gasteiger partial charge on any atom is 0.305 e. The maximum atomic E-state index is 11.8. The predicted molar refractivity (Wildman–Crippen MR) is 64.8 cm³/mol. The predicted octanol–water partition coefficient (Wildman–Crippen LogP) is 1.47. The van der Waals surface area contributed by atoms with E-state index < -0.39 is 5.97 Å². The second-order valence-electron chi connectivity index (χ2n) is 4.12. The molecule has 0 saturated heterocycles. The zero-order chi connectivity index (χ0) is 12.8. The van der Waals surface area contributed by atoms with E-state index in [-0.39, 0.29) is 18.9 Å². The van der Waals surface area contributed by atoms with Crippen LogP contribution in [0.25, 0.3) is 0 Å². The normalized spacial score (nSPS) is 10.0. The highest BCUT2D eigenvalue weighted by Gasteiger charge is 2.10. The van der Waals surface area contributed by atoms with E-state index >= 15 is 0 Å². The molecule has 0 aromatic heterocycles. The van der Waals surface area contributed by atoms with E-state index in [1.807, 2.05) is 31.2 Å². The fourth-order valence-electron chi connectivity index (χ4n) is 1.52. The summed E-state index contributed by atoms with van der Waals surface area (Å²) in [5.74, 6) is -0.947. The van der Waals surface area contributed by atoms with Gasteiger partial charge in [-0.25, -0.2) is 0 Å². The third kappa shape index (κ3) is 4.68. The fourth-order valence-corrected chi connectivity index (χ4v) is 1.52. The quantitative estimate of drug-likeness (QED) is 0.840. The Morgan fingerprint density at radius 2 is 2.06 bits per heavy atom. The minimum absolute atomic E-state index is 0.0178. The highest BCUT2D eigenvalue weighted by atomic mass is 16.4. The van der Waals surface area contributed by atoms with Crippen molar-refractivity contribution < 1.29 is 14.7 Å². The Labute approximate surface area is 101 Å². The van der Waals surface area contributed by atoms with E-state index in [0.717, 1.165) is 11.1 Å². The van der Waals surface area contributed by atoms with Crippen LogP contribution in [0, 0.1) is 6.92 Å². The number of aliphatic carboxylic acids is 1. The second-order valence-corrected chi connectivity index (χ2v) is 4.12. The number of likely N-dealkylation sites (N-methyl/N-ethyl adjacent to an activating group) is 1. The molecule has 1 aromatic rings. The molecule has 0 heterocycles. The molecule has 0 fully saturated rings. The summed E-state index contributed by atoms with van der Waals surface area (Å²) in [6.45, 7) is 2.22. The molecule has 0 aliphatic heterocycles. The molecule has 92 valence electrons. The van der Waals surface area contributed by atoms with Crippen molar-refractivity contribution in [1.29, 1.82) is 0 Å². The molecular formula is C13H17NO3. The van der Waals surface area contributed by atoms with Crippen LogP contribution in [-0.4, -0.2) is 35.5 Å². The molecule has 0 aliphatic carbocycles. The van der Waals surface area contributed by atoms with Gasteiger partial charge in [0.1, 0.15) is 0 Å². The van der Waals surface area contributed by atoms with Gasteiger partial charge in [0.15, 0.2) is 0 Å². The molecule has 17 heavy (non-hydrogen) atoms. The number of benzene rings is 1. The Balaban J connectivity index is 2.51. The van der Waals surface area contributed by atoms with E-state index in [1.54, 1.807) is 7.05 Å². The minimum atomic E-state index is -0.889. The summed E-state index contributed by atoms with van der Waals surface area (Å²) in [5.41, 5.74) is 2.07. The lowest BCUT2D eigenvalue weighted by Crippen LogP contribution is -2.30. The Hall–Kier alpha value is -1.84. The molecule has 1 N–H and O–H groups in total. The van der Waals surface area contributed by atoms with Crippen LogP contribution < -0.4 is 0 Å². The molecule has 0 unspecified atom stereocenters. The van der Waals surface area contributed by atoms with Crippen molar-refractivity contribution in [2.24, 2.45) is 0 Å². The number of hydrogen-bond donors (Lipinski definition) is 1. The average molecular weight is 235 g/mol. The number of rotatable bonds is 5. The number of aryl methyl sites for hydroxylation is 1. The van der Waals surface area contributed by atoms with Gasteiger partial charge in [0.2, 0.25) is 5.91 Å². The van der Waals surface area contributed by atoms with E-state index in [4.69, 9.17) is 5.11 Å². The largest absolute Gasteiger partial charge is 0.481 e. The van der Waals surface area contributed by atoms with Gasteiger partial charge < -0.3 is 10.0 Å². The van der Waals surface area contributed by atoms with Crippen molar-refractivity contribution in [1.82, 2.24) is 4.90 Å². The topological polar surface area (TPSA) is 57.6 Å². The van der Waals surface area contributed by atoms with Crippen LogP contribution in [0.15, 0.2) is 24.3 Å². The number of carboxylic acid groups (broad SMARTS) is 1. The van der Waals surface area contributed by atoms with Crippen LogP contribution in [0.3, 0.4) is 0 Å². The van der Waals surface area contributed by atoms with Gasteiger partial charge in [-0.1, -0.05) is 29.8 Å². The molecule has 0 aliphatic rings. The summed E-state index contributed by atoms with van der Waals surface area (Å²) in [6, 6.07) is 7.75. The first-order valence-electron chi connectivity index (χ1n) is 5.50. The van der Waals surface area contributed by atoms with Crippen molar-refractivity contribution in [2.75, 3.05) is 13.6 Å². The molecule has 0 bridgehead atoms. The zero-order valence-corrected chi connectivity index (χ0v) is 10.1. The monoisotopic (exact) mass is 235 g/mol. The number of carboxylic acids is 1. The Morgan fingerprint density at radius 1 is 1.35 bits per heavy atom. The van der Waals surface area contributed by atoms with Crippen LogP contribution in [-0.2, 0) is 16.0 Å². The summed E-state index contributed by atoms with van der Waals surface area (Å²) >= 11 is 0. The Bertz CT molecular complexity index is 415. The first-order valence-corrected chi connectivity index (χ1v) is 5.50. The van der Waals surface area contributed by atoms with Crippen LogP contribution >= 0.6 is 0 Å². The molecule has 0 spiro atoms. The summed E-state index contributed by atoms with van der Waals surface area (Å²) < 4.78 is 0. The molecule has 0 radical (unpaired) electrons. The van der Waals surface area contributed by atoms with E-state index in [1.165, 1.54) is 4.90 Å². The van der Waals surface area contributed by atoms with Gasteiger partial charge in [-0.3, -0.25) is 9.59 Å². The SMILES string of the molecule is Cc1cccc(CC(=O)N(C)CCC(=O)O)c1. The van der Waals surface area contributed by atoms with Crippen LogP contribution in [0.1, 0.15) is 17.5 Å². The summed E-state index contributed by atoms with van der Waals surface area (Å²) in [5, 5.41) is 8.53. The lowest BCUT2D eigenvalue weighted by Gasteiger charge is -2.16. The molecule has 4 nitrogen and oxygen atoms in total. The first-order chi connectivity index (χ1) is 7.99. The van der Waals surface area contributed by atoms with Crippen LogP contribution in [0.5, 0.6) is 0 Å². The molecular weight excluding hydrogens is 218 g/mol. The number of hydrogen-bond acceptors (Lipinski definition) is 2. The van der Waals surface area contributed by atoms with Gasteiger partial charge in [0.05, 0.1) is 12.8 Å². The van der Waals surface area contributed by atoms with E-state index in [9.17, 15) is 9.59 Å². The fraction of sp³-hybridized carbons (Fsp3) is 0.385. The van der Waals surface area contributed by atoms with Gasteiger partial charge in [-0.2, -0.15) is 0 Å². The molecule has 4 heteroatoms. The molecule has 0 saturated carbocycles. The number of carbonyl (C=O) groups is 2. The average Bonchev–Trinajstić information content (AvgIpc) is 2.25. The highest BCUT2D eigenvalue weighted by Crippen LogP contribution is 2.06. The Morgan fingerprint density at radius 3 is 2.65 bits per heavy atom.